The molecule has 1 aromatic heterocycles. The highest BCUT2D eigenvalue weighted by molar-refractivity contribution is 5.93. The van der Waals surface area contributed by atoms with Crippen LogP contribution in [0.2, 0.25) is 0 Å². The smallest absolute Gasteiger partial charge is 0.229 e. The molecular formula is C18H22N4O. The molecule has 0 bridgehead atoms. The number of hydrogen-bond donors (Lipinski definition) is 1. The van der Waals surface area contributed by atoms with Crippen LogP contribution >= 0.6 is 0 Å². The van der Waals surface area contributed by atoms with Gasteiger partial charge in [-0.3, -0.25) is 9.78 Å². The Morgan fingerprint density at radius 1 is 1.35 bits per heavy atom. The molecule has 1 aliphatic heterocycles. The quantitative estimate of drug-likeness (QED) is 0.943. The topological polar surface area (TPSA) is 58.1 Å². The fraction of sp³-hybridized carbons (Fsp3) is 0.389. The van der Waals surface area contributed by atoms with E-state index >= 15 is 0 Å². The number of hydrogen-bond acceptors (Lipinski definition) is 4. The molecule has 0 radical (unpaired) electrons. The number of carbonyl (C=O) groups excluding carboxylic acids is 1. The van der Waals surface area contributed by atoms with Crippen molar-refractivity contribution in [2.24, 2.45) is 5.92 Å². The summed E-state index contributed by atoms with van der Waals surface area (Å²) < 4.78 is 0. The second kappa shape index (κ2) is 7.22. The molecule has 3 rings (SSSR count). The van der Waals surface area contributed by atoms with E-state index in [1.165, 1.54) is 5.56 Å². The molecule has 1 aromatic carbocycles. The first kappa shape index (κ1) is 15.5. The Bertz CT molecular complexity index is 659. The van der Waals surface area contributed by atoms with E-state index in [2.05, 4.69) is 33.2 Å². The average molecular weight is 310 g/mol. The van der Waals surface area contributed by atoms with Crippen LogP contribution in [0.15, 0.2) is 42.9 Å². The molecule has 1 N–H and O–H groups in total. The lowest BCUT2D eigenvalue weighted by Gasteiger charge is -2.32. The molecule has 1 aliphatic rings. The van der Waals surface area contributed by atoms with Gasteiger partial charge in [0.25, 0.3) is 0 Å². The van der Waals surface area contributed by atoms with E-state index in [-0.39, 0.29) is 11.8 Å². The number of rotatable bonds is 4. The number of piperidine rings is 1. The molecular weight excluding hydrogens is 288 g/mol. The molecule has 1 atom stereocenters. The second-order valence-electron chi connectivity index (χ2n) is 5.85. The molecule has 1 saturated heterocycles. The molecule has 23 heavy (non-hydrogen) atoms. The summed E-state index contributed by atoms with van der Waals surface area (Å²) in [4.78, 5) is 23.2. The fourth-order valence-corrected chi connectivity index (χ4v) is 3.04. The van der Waals surface area contributed by atoms with Crippen LogP contribution in [-0.2, 0) is 11.2 Å². The Balaban J connectivity index is 1.68. The van der Waals surface area contributed by atoms with Crippen LogP contribution in [0.3, 0.4) is 0 Å². The minimum absolute atomic E-state index is 0.0179. The number of para-hydroxylation sites is 1. The molecule has 1 unspecified atom stereocenters. The van der Waals surface area contributed by atoms with E-state index in [1.807, 2.05) is 18.2 Å². The maximum Gasteiger partial charge on any atom is 0.229 e. The summed E-state index contributed by atoms with van der Waals surface area (Å²) in [6, 6.07) is 7.99. The van der Waals surface area contributed by atoms with Crippen molar-refractivity contribution in [3.8, 4) is 0 Å². The first-order valence-electron chi connectivity index (χ1n) is 8.17. The predicted octanol–water partition coefficient (Wildman–Crippen LogP) is 2.89. The zero-order chi connectivity index (χ0) is 16.1. The van der Waals surface area contributed by atoms with Gasteiger partial charge in [-0.2, -0.15) is 0 Å². The highest BCUT2D eigenvalue weighted by Crippen LogP contribution is 2.23. The minimum atomic E-state index is -0.0179. The third kappa shape index (κ3) is 3.67. The zero-order valence-electron chi connectivity index (χ0n) is 13.4. The third-order valence-electron chi connectivity index (χ3n) is 4.32. The van der Waals surface area contributed by atoms with Gasteiger partial charge in [0.2, 0.25) is 5.91 Å². The van der Waals surface area contributed by atoms with Crippen LogP contribution in [-0.4, -0.2) is 29.0 Å². The Morgan fingerprint density at radius 3 is 3.00 bits per heavy atom. The summed E-state index contributed by atoms with van der Waals surface area (Å²) in [6.07, 6.45) is 7.93. The Morgan fingerprint density at radius 2 is 2.22 bits per heavy atom. The van der Waals surface area contributed by atoms with Crippen LogP contribution in [0, 0.1) is 5.92 Å². The summed E-state index contributed by atoms with van der Waals surface area (Å²) in [7, 11) is 0. The summed E-state index contributed by atoms with van der Waals surface area (Å²) in [5, 5.41) is 3.10. The van der Waals surface area contributed by atoms with Gasteiger partial charge in [-0.1, -0.05) is 25.1 Å². The first-order valence-corrected chi connectivity index (χ1v) is 8.17. The molecule has 2 heterocycles. The van der Waals surface area contributed by atoms with Crippen LogP contribution < -0.4 is 10.2 Å². The summed E-state index contributed by atoms with van der Waals surface area (Å²) in [5.74, 6) is 0.925. The number of amides is 1. The maximum absolute atomic E-state index is 12.6. The van der Waals surface area contributed by atoms with E-state index in [1.54, 1.807) is 18.6 Å². The first-order chi connectivity index (χ1) is 11.3. The van der Waals surface area contributed by atoms with Gasteiger partial charge < -0.3 is 10.2 Å². The SMILES string of the molecule is CCc1ccccc1NC(=O)C1CCCN(c2cnccn2)C1. The lowest BCUT2D eigenvalue weighted by atomic mass is 9.96. The second-order valence-corrected chi connectivity index (χ2v) is 5.85. The number of aryl methyl sites for hydroxylation is 1. The molecule has 0 aliphatic carbocycles. The van der Waals surface area contributed by atoms with Gasteiger partial charge in [0, 0.05) is 31.2 Å². The molecule has 0 spiro atoms. The number of nitrogens with zero attached hydrogens (tertiary/aromatic N) is 3. The van der Waals surface area contributed by atoms with Crippen molar-refractivity contribution < 1.29 is 4.79 Å². The number of anilines is 2. The summed E-state index contributed by atoms with van der Waals surface area (Å²) in [6.45, 7) is 3.72. The van der Waals surface area contributed by atoms with Crippen molar-refractivity contribution in [3.63, 3.8) is 0 Å². The van der Waals surface area contributed by atoms with Crippen LogP contribution in [0.25, 0.3) is 0 Å². The molecule has 120 valence electrons. The van der Waals surface area contributed by atoms with Gasteiger partial charge in [0.05, 0.1) is 12.1 Å². The van der Waals surface area contributed by atoms with Gasteiger partial charge in [-0.15, -0.1) is 0 Å². The molecule has 5 heteroatoms. The Labute approximate surface area is 136 Å². The van der Waals surface area contributed by atoms with E-state index in [9.17, 15) is 4.79 Å². The van der Waals surface area contributed by atoms with Gasteiger partial charge >= 0.3 is 0 Å². The maximum atomic E-state index is 12.6. The van der Waals surface area contributed by atoms with Gasteiger partial charge in [0.1, 0.15) is 5.82 Å². The molecule has 5 nitrogen and oxygen atoms in total. The van der Waals surface area contributed by atoms with Crippen molar-refractivity contribution in [2.45, 2.75) is 26.2 Å². The molecule has 0 saturated carbocycles. The third-order valence-corrected chi connectivity index (χ3v) is 4.32. The molecule has 2 aromatic rings. The van der Waals surface area contributed by atoms with Crippen LogP contribution in [0.1, 0.15) is 25.3 Å². The predicted molar refractivity (Wildman–Crippen MR) is 91.4 cm³/mol. The van der Waals surface area contributed by atoms with Crippen molar-refractivity contribution >= 4 is 17.4 Å². The largest absolute Gasteiger partial charge is 0.355 e. The van der Waals surface area contributed by atoms with Gasteiger partial charge in [-0.05, 0) is 30.9 Å². The Hall–Kier alpha value is -2.43. The standard InChI is InChI=1S/C18H22N4O/c1-2-14-6-3-4-8-16(14)21-18(23)15-7-5-11-22(13-15)17-12-19-9-10-20-17/h3-4,6,8-10,12,15H,2,5,7,11,13H2,1H3,(H,21,23). The van der Waals surface area contributed by atoms with Gasteiger partial charge in [-0.25, -0.2) is 4.98 Å². The van der Waals surface area contributed by atoms with Crippen molar-refractivity contribution in [3.05, 3.63) is 48.4 Å². The number of carbonyl (C=O) groups is 1. The monoisotopic (exact) mass is 310 g/mol. The van der Waals surface area contributed by atoms with Crippen LogP contribution in [0.4, 0.5) is 11.5 Å². The fourth-order valence-electron chi connectivity index (χ4n) is 3.04. The normalized spacial score (nSPS) is 17.8. The zero-order valence-corrected chi connectivity index (χ0v) is 13.4. The van der Waals surface area contributed by atoms with Crippen LogP contribution in [0.5, 0.6) is 0 Å². The highest BCUT2D eigenvalue weighted by atomic mass is 16.1. The van der Waals surface area contributed by atoms with Crippen molar-refractivity contribution in [1.82, 2.24) is 9.97 Å². The van der Waals surface area contributed by atoms with E-state index in [0.29, 0.717) is 6.54 Å². The Kier molecular flexibility index (Phi) is 4.86. The number of benzene rings is 1. The van der Waals surface area contributed by atoms with E-state index in [4.69, 9.17) is 0 Å². The highest BCUT2D eigenvalue weighted by Gasteiger charge is 2.26. The van der Waals surface area contributed by atoms with E-state index in [0.717, 1.165) is 37.3 Å². The average Bonchev–Trinajstić information content (AvgIpc) is 2.63. The van der Waals surface area contributed by atoms with Gasteiger partial charge in [0.15, 0.2) is 0 Å². The number of aromatic nitrogens is 2. The van der Waals surface area contributed by atoms with Crippen molar-refractivity contribution in [2.75, 3.05) is 23.3 Å². The van der Waals surface area contributed by atoms with Crippen molar-refractivity contribution in [1.29, 1.82) is 0 Å². The molecule has 1 amide bonds. The lowest BCUT2D eigenvalue weighted by Crippen LogP contribution is -2.41. The minimum Gasteiger partial charge on any atom is -0.355 e. The summed E-state index contributed by atoms with van der Waals surface area (Å²) in [5.41, 5.74) is 2.10. The summed E-state index contributed by atoms with van der Waals surface area (Å²) >= 11 is 0. The van der Waals surface area contributed by atoms with E-state index < -0.39 is 0 Å². The number of nitrogens with one attached hydrogen (secondary N) is 1. The lowest BCUT2D eigenvalue weighted by molar-refractivity contribution is -0.120. The molecule has 1 fully saturated rings.